The molecule has 2 N–H and O–H groups in total. The number of rotatable bonds is 5. The summed E-state index contributed by atoms with van der Waals surface area (Å²) in [5.74, 6) is 0.614. The van der Waals surface area contributed by atoms with Crippen molar-refractivity contribution in [2.75, 3.05) is 19.7 Å². The van der Waals surface area contributed by atoms with Crippen molar-refractivity contribution < 1.29 is 19.1 Å². The van der Waals surface area contributed by atoms with Crippen molar-refractivity contribution in [2.24, 2.45) is 5.73 Å². The molecule has 1 atom stereocenters. The van der Waals surface area contributed by atoms with Crippen LogP contribution < -0.4 is 10.5 Å². The van der Waals surface area contributed by atoms with Gasteiger partial charge in [-0.1, -0.05) is 23.7 Å². The van der Waals surface area contributed by atoms with E-state index in [-0.39, 0.29) is 12.0 Å². The highest BCUT2D eigenvalue weighted by Crippen LogP contribution is 2.26. The first-order valence-corrected chi connectivity index (χ1v) is 10.2. The summed E-state index contributed by atoms with van der Waals surface area (Å²) in [5.41, 5.74) is 7.22. The van der Waals surface area contributed by atoms with E-state index in [0.29, 0.717) is 47.3 Å². The molecule has 4 rings (SSSR count). The average Bonchev–Trinajstić information content (AvgIpc) is 2.80. The van der Waals surface area contributed by atoms with Gasteiger partial charge in [-0.3, -0.25) is 9.59 Å². The van der Waals surface area contributed by atoms with Gasteiger partial charge in [-0.05, 0) is 66.2 Å². The van der Waals surface area contributed by atoms with Crippen molar-refractivity contribution >= 4 is 23.4 Å². The highest BCUT2D eigenvalue weighted by atomic mass is 35.5. The van der Waals surface area contributed by atoms with Crippen LogP contribution in [-0.2, 0) is 4.74 Å². The summed E-state index contributed by atoms with van der Waals surface area (Å²) in [6, 6.07) is 21.0. The number of nitrogens with zero attached hydrogens (tertiary/aromatic N) is 1. The van der Waals surface area contributed by atoms with Crippen LogP contribution >= 0.6 is 11.6 Å². The van der Waals surface area contributed by atoms with Crippen LogP contribution in [0, 0.1) is 0 Å². The molecule has 3 aromatic carbocycles. The molecule has 0 saturated carbocycles. The molecule has 1 fully saturated rings. The molecule has 0 bridgehead atoms. The minimum atomic E-state index is -0.490. The van der Waals surface area contributed by atoms with Gasteiger partial charge in [-0.25, -0.2) is 0 Å². The second-order valence-electron chi connectivity index (χ2n) is 7.18. The first-order chi connectivity index (χ1) is 15.0. The zero-order valence-corrected chi connectivity index (χ0v) is 17.4. The molecular weight excluding hydrogens is 416 g/mol. The fraction of sp³-hybridized carbons (Fsp3) is 0.167. The van der Waals surface area contributed by atoms with Crippen LogP contribution in [0.15, 0.2) is 72.8 Å². The Balaban J connectivity index is 1.40. The maximum Gasteiger partial charge on any atom is 0.254 e. The van der Waals surface area contributed by atoms with Gasteiger partial charge in [0.25, 0.3) is 5.91 Å². The van der Waals surface area contributed by atoms with Crippen molar-refractivity contribution in [3.63, 3.8) is 0 Å². The largest absolute Gasteiger partial charge is 0.457 e. The molecule has 6 nitrogen and oxygen atoms in total. The molecule has 3 aromatic rings. The Morgan fingerprint density at radius 3 is 2.06 bits per heavy atom. The molecule has 7 heteroatoms. The molecule has 1 aliphatic heterocycles. The summed E-state index contributed by atoms with van der Waals surface area (Å²) in [6.07, 6.45) is -0.180. The second kappa shape index (κ2) is 9.20. The van der Waals surface area contributed by atoms with E-state index >= 15 is 0 Å². The predicted octanol–water partition coefficient (Wildman–Crippen LogP) is 4.44. The van der Waals surface area contributed by atoms with Crippen molar-refractivity contribution in [3.8, 4) is 11.5 Å². The van der Waals surface area contributed by atoms with Crippen LogP contribution in [-0.4, -0.2) is 36.4 Å². The summed E-state index contributed by atoms with van der Waals surface area (Å²) >= 11 is 5.96. The average molecular weight is 437 g/mol. The van der Waals surface area contributed by atoms with Crippen LogP contribution in [0.2, 0.25) is 5.02 Å². The lowest BCUT2D eigenvalue weighted by Crippen LogP contribution is -2.42. The first kappa shape index (κ1) is 20.9. The van der Waals surface area contributed by atoms with E-state index in [0.717, 1.165) is 5.56 Å². The maximum atomic E-state index is 13.0. The molecule has 158 valence electrons. The number of hydrogen-bond donors (Lipinski definition) is 1. The zero-order chi connectivity index (χ0) is 21.8. The molecule has 0 aliphatic carbocycles. The van der Waals surface area contributed by atoms with Crippen LogP contribution in [0.5, 0.6) is 11.5 Å². The quantitative estimate of drug-likeness (QED) is 0.640. The Morgan fingerprint density at radius 2 is 1.48 bits per heavy atom. The van der Waals surface area contributed by atoms with E-state index in [4.69, 9.17) is 26.8 Å². The number of carbonyl (C=O) groups excluding carboxylic acids is 2. The van der Waals surface area contributed by atoms with Crippen molar-refractivity contribution in [1.29, 1.82) is 0 Å². The fourth-order valence-electron chi connectivity index (χ4n) is 3.38. The van der Waals surface area contributed by atoms with E-state index in [1.165, 1.54) is 0 Å². The van der Waals surface area contributed by atoms with Gasteiger partial charge < -0.3 is 20.1 Å². The molecule has 31 heavy (non-hydrogen) atoms. The summed E-state index contributed by atoms with van der Waals surface area (Å²) in [4.78, 5) is 25.9. The number of benzene rings is 3. The molecule has 1 heterocycles. The summed E-state index contributed by atoms with van der Waals surface area (Å²) in [5, 5.41) is 0.665. The normalized spacial score (nSPS) is 16.0. The molecule has 1 saturated heterocycles. The molecule has 1 unspecified atom stereocenters. The lowest BCUT2D eigenvalue weighted by molar-refractivity contribution is -0.0228. The highest BCUT2D eigenvalue weighted by molar-refractivity contribution is 6.30. The van der Waals surface area contributed by atoms with Gasteiger partial charge >= 0.3 is 0 Å². The smallest absolute Gasteiger partial charge is 0.254 e. The summed E-state index contributed by atoms with van der Waals surface area (Å²) < 4.78 is 11.6. The van der Waals surface area contributed by atoms with E-state index in [1.54, 1.807) is 53.4 Å². The number of halogens is 1. The predicted molar refractivity (Wildman–Crippen MR) is 118 cm³/mol. The number of ether oxygens (including phenoxy) is 2. The number of hydrogen-bond acceptors (Lipinski definition) is 4. The Morgan fingerprint density at radius 1 is 0.903 bits per heavy atom. The first-order valence-electron chi connectivity index (χ1n) is 9.84. The number of primary amides is 1. The van der Waals surface area contributed by atoms with Crippen LogP contribution in [0.4, 0.5) is 0 Å². The third-order valence-corrected chi connectivity index (χ3v) is 5.32. The zero-order valence-electron chi connectivity index (χ0n) is 16.7. The van der Waals surface area contributed by atoms with Gasteiger partial charge in [0.1, 0.15) is 17.6 Å². The van der Waals surface area contributed by atoms with Gasteiger partial charge in [-0.15, -0.1) is 0 Å². The number of carbonyl (C=O) groups is 2. The minimum Gasteiger partial charge on any atom is -0.457 e. The number of amides is 2. The maximum absolute atomic E-state index is 13.0. The van der Waals surface area contributed by atoms with Gasteiger partial charge in [-0.2, -0.15) is 0 Å². The molecule has 2 amide bonds. The standard InChI is InChI=1S/C24H21ClN2O4/c25-19-7-1-16(2-8-19)22-15-27(13-14-30-22)24(29)18-5-11-21(12-6-18)31-20-9-3-17(4-10-20)23(26)28/h1-12,22H,13-15H2,(H2,26,28). The van der Waals surface area contributed by atoms with Crippen LogP contribution in [0.25, 0.3) is 0 Å². The fourth-order valence-corrected chi connectivity index (χ4v) is 3.51. The van der Waals surface area contributed by atoms with E-state index in [2.05, 4.69) is 0 Å². The van der Waals surface area contributed by atoms with E-state index in [9.17, 15) is 9.59 Å². The van der Waals surface area contributed by atoms with Gasteiger partial charge in [0.2, 0.25) is 5.91 Å². The Labute approximate surface area is 185 Å². The molecule has 0 aromatic heterocycles. The SMILES string of the molecule is NC(=O)c1ccc(Oc2ccc(C(=O)N3CCOC(c4ccc(Cl)cc4)C3)cc2)cc1. The van der Waals surface area contributed by atoms with Crippen molar-refractivity contribution in [2.45, 2.75) is 6.10 Å². The van der Waals surface area contributed by atoms with E-state index in [1.807, 2.05) is 24.3 Å². The highest BCUT2D eigenvalue weighted by Gasteiger charge is 2.26. The Hall–Kier alpha value is -3.35. The third kappa shape index (κ3) is 5.05. The number of nitrogens with two attached hydrogens (primary N) is 1. The van der Waals surface area contributed by atoms with E-state index < -0.39 is 5.91 Å². The monoisotopic (exact) mass is 436 g/mol. The summed E-state index contributed by atoms with van der Waals surface area (Å²) in [7, 11) is 0. The molecule has 1 aliphatic rings. The Kier molecular flexibility index (Phi) is 6.21. The second-order valence-corrected chi connectivity index (χ2v) is 7.61. The summed E-state index contributed by atoms with van der Waals surface area (Å²) in [6.45, 7) is 1.49. The van der Waals surface area contributed by atoms with Crippen LogP contribution in [0.3, 0.4) is 0 Å². The minimum absolute atomic E-state index is 0.0559. The molecule has 0 spiro atoms. The third-order valence-electron chi connectivity index (χ3n) is 5.07. The lowest BCUT2D eigenvalue weighted by atomic mass is 10.1. The van der Waals surface area contributed by atoms with Crippen molar-refractivity contribution in [3.05, 3.63) is 94.5 Å². The lowest BCUT2D eigenvalue weighted by Gasteiger charge is -2.33. The van der Waals surface area contributed by atoms with Gasteiger partial charge in [0.05, 0.1) is 13.2 Å². The van der Waals surface area contributed by atoms with Crippen molar-refractivity contribution in [1.82, 2.24) is 4.90 Å². The molecular formula is C24H21ClN2O4. The topological polar surface area (TPSA) is 81.9 Å². The Bertz CT molecular complexity index is 1070. The number of morpholine rings is 1. The van der Waals surface area contributed by atoms with Gasteiger partial charge in [0.15, 0.2) is 0 Å². The molecule has 0 radical (unpaired) electrons. The van der Waals surface area contributed by atoms with Crippen LogP contribution in [0.1, 0.15) is 32.4 Å². The van der Waals surface area contributed by atoms with Gasteiger partial charge in [0, 0.05) is 22.7 Å².